The van der Waals surface area contributed by atoms with E-state index in [1.165, 1.54) is 113 Å². The molecule has 0 aromatic heterocycles. The first kappa shape index (κ1) is 34.6. The minimum Gasteiger partial charge on any atom is -0.354 e. The van der Waals surface area contributed by atoms with Gasteiger partial charge in [-0.1, -0.05) is 150 Å². The second kappa shape index (κ2) is 12.3. The van der Waals surface area contributed by atoms with E-state index in [-0.39, 0.29) is 16.2 Å². The molecule has 0 bridgehead atoms. The molecule has 0 aliphatic heterocycles. The summed E-state index contributed by atoms with van der Waals surface area (Å²) in [4.78, 5) is 2.49. The summed E-state index contributed by atoms with van der Waals surface area (Å²) < 4.78 is 0. The molecule has 0 radical (unpaired) electrons. The predicted molar refractivity (Wildman–Crippen MR) is 248 cm³/mol. The largest absolute Gasteiger partial charge is 0.354 e. The van der Waals surface area contributed by atoms with Crippen molar-refractivity contribution in [2.75, 3.05) is 10.2 Å². The van der Waals surface area contributed by atoms with Crippen LogP contribution in [-0.4, -0.2) is 0 Å². The third-order valence-electron chi connectivity index (χ3n) is 14.8. The molecule has 0 unspecified atom stereocenters. The van der Waals surface area contributed by atoms with Crippen LogP contribution in [0, 0.1) is 0 Å². The Labute approximate surface area is 348 Å². The summed E-state index contributed by atoms with van der Waals surface area (Å²) in [5.41, 5.74) is 22.5. The summed E-state index contributed by atoms with van der Waals surface area (Å²) in [6.45, 7) is 9.50. The minimum absolute atomic E-state index is 0.0351. The van der Waals surface area contributed by atoms with Gasteiger partial charge < -0.3 is 10.2 Å². The molecule has 12 rings (SSSR count). The quantitative estimate of drug-likeness (QED) is 0.188. The highest BCUT2D eigenvalue weighted by Gasteiger charge is 2.47. The first-order valence-electron chi connectivity index (χ1n) is 21.6. The van der Waals surface area contributed by atoms with Crippen LogP contribution in [0.25, 0.3) is 44.2 Å². The Morgan fingerprint density at radius 1 is 0.424 bits per heavy atom. The number of rotatable bonds is 5. The Morgan fingerprint density at radius 2 is 0.966 bits per heavy atom. The van der Waals surface area contributed by atoms with Crippen LogP contribution in [0.4, 0.5) is 28.4 Å². The van der Waals surface area contributed by atoms with Gasteiger partial charge in [0.1, 0.15) is 0 Å². The first-order valence-corrected chi connectivity index (χ1v) is 21.6. The first-order chi connectivity index (χ1) is 28.7. The number of anilines is 5. The fourth-order valence-corrected chi connectivity index (χ4v) is 11.9. The topological polar surface area (TPSA) is 15.3 Å². The van der Waals surface area contributed by atoms with Crippen molar-refractivity contribution in [3.05, 3.63) is 197 Å². The third kappa shape index (κ3) is 4.81. The molecule has 0 amide bonds. The van der Waals surface area contributed by atoms with Crippen molar-refractivity contribution in [1.82, 2.24) is 0 Å². The fourth-order valence-electron chi connectivity index (χ4n) is 11.9. The van der Waals surface area contributed by atoms with Gasteiger partial charge in [0.05, 0.1) is 5.69 Å². The van der Waals surface area contributed by atoms with E-state index in [0.29, 0.717) is 0 Å². The molecule has 59 heavy (non-hydrogen) atoms. The maximum absolute atomic E-state index is 4.11. The Hall–Kier alpha value is -6.38. The molecule has 0 atom stereocenters. The summed E-state index contributed by atoms with van der Waals surface area (Å²) in [6.07, 6.45) is 4.80. The van der Waals surface area contributed by atoms with Crippen molar-refractivity contribution in [3.63, 3.8) is 0 Å². The van der Waals surface area contributed by atoms with Crippen LogP contribution < -0.4 is 10.2 Å². The number of hydrogen-bond donors (Lipinski definition) is 1. The van der Waals surface area contributed by atoms with Gasteiger partial charge in [-0.25, -0.2) is 0 Å². The molecule has 8 aromatic rings. The zero-order valence-electron chi connectivity index (χ0n) is 34.4. The van der Waals surface area contributed by atoms with E-state index in [2.05, 4.69) is 202 Å². The number of nitrogens with zero attached hydrogens (tertiary/aromatic N) is 1. The lowest BCUT2D eigenvalue weighted by Crippen LogP contribution is -2.21. The van der Waals surface area contributed by atoms with Gasteiger partial charge in [0.2, 0.25) is 0 Å². The number of nitrogens with one attached hydrogen (secondary N) is 1. The highest BCUT2D eigenvalue weighted by Crippen LogP contribution is 2.61. The lowest BCUT2D eigenvalue weighted by Gasteiger charge is -2.31. The van der Waals surface area contributed by atoms with Crippen LogP contribution >= 0.6 is 0 Å². The van der Waals surface area contributed by atoms with Crippen molar-refractivity contribution in [3.8, 4) is 33.4 Å². The van der Waals surface area contributed by atoms with Crippen LogP contribution in [0.15, 0.2) is 164 Å². The standard InChI is InChI=1S/C57H48N2/c1-55(2)47-22-12-10-20-42(47)44-27-24-37(33-49(44)55)58-54-41-19-9-8-16-36(41)32-52-53(54)46-29-26-40(35-51(46)57(52)30-14-15-31-57)59(38-17-6-5-7-18-38)39-25-28-45-43-21-11-13-23-48(43)56(3,4)50(45)34-39/h5-13,16-29,32-35,58H,14-15,30-31H2,1-4H3. The van der Waals surface area contributed by atoms with Crippen molar-refractivity contribution in [2.24, 2.45) is 0 Å². The molecule has 0 heterocycles. The normalized spacial score (nSPS) is 16.6. The number of benzene rings is 8. The summed E-state index contributed by atoms with van der Waals surface area (Å²) in [6, 6.07) is 62.0. The molecule has 1 saturated carbocycles. The smallest absolute Gasteiger partial charge is 0.0546 e. The lowest BCUT2D eigenvalue weighted by molar-refractivity contribution is 0.550. The van der Waals surface area contributed by atoms with E-state index < -0.39 is 0 Å². The van der Waals surface area contributed by atoms with E-state index in [0.717, 1.165) is 18.5 Å². The number of fused-ring (bicyclic) bond motifs is 12. The van der Waals surface area contributed by atoms with Crippen molar-refractivity contribution < 1.29 is 0 Å². The number of hydrogen-bond acceptors (Lipinski definition) is 2. The van der Waals surface area contributed by atoms with Crippen LogP contribution in [-0.2, 0) is 16.2 Å². The van der Waals surface area contributed by atoms with Gasteiger partial charge in [0, 0.05) is 49.9 Å². The Morgan fingerprint density at radius 3 is 1.66 bits per heavy atom. The average molecular weight is 761 g/mol. The van der Waals surface area contributed by atoms with Crippen molar-refractivity contribution >= 4 is 39.2 Å². The Balaban J connectivity index is 1.03. The summed E-state index contributed by atoms with van der Waals surface area (Å²) in [7, 11) is 0. The van der Waals surface area contributed by atoms with Gasteiger partial charge in [-0.05, 0) is 134 Å². The van der Waals surface area contributed by atoms with Gasteiger partial charge in [0.25, 0.3) is 0 Å². The maximum atomic E-state index is 4.11. The molecule has 2 heteroatoms. The summed E-state index contributed by atoms with van der Waals surface area (Å²) in [5, 5.41) is 6.68. The van der Waals surface area contributed by atoms with E-state index in [9.17, 15) is 0 Å². The van der Waals surface area contributed by atoms with Gasteiger partial charge in [0.15, 0.2) is 0 Å². The van der Waals surface area contributed by atoms with Crippen LogP contribution in [0.3, 0.4) is 0 Å². The lowest BCUT2D eigenvalue weighted by atomic mass is 9.76. The van der Waals surface area contributed by atoms with Crippen LogP contribution in [0.5, 0.6) is 0 Å². The molecule has 8 aromatic carbocycles. The highest BCUT2D eigenvalue weighted by molar-refractivity contribution is 6.08. The Bertz CT molecular complexity index is 3030. The molecule has 286 valence electrons. The monoisotopic (exact) mass is 760 g/mol. The van der Waals surface area contributed by atoms with Gasteiger partial charge in [-0.2, -0.15) is 0 Å². The van der Waals surface area contributed by atoms with E-state index in [4.69, 9.17) is 0 Å². The zero-order valence-corrected chi connectivity index (χ0v) is 34.4. The van der Waals surface area contributed by atoms with Crippen molar-refractivity contribution in [1.29, 1.82) is 0 Å². The van der Waals surface area contributed by atoms with Crippen molar-refractivity contribution in [2.45, 2.75) is 69.6 Å². The molecule has 1 N–H and O–H groups in total. The average Bonchev–Trinajstić information content (AvgIpc) is 3.98. The minimum atomic E-state index is -0.0816. The fraction of sp³-hybridized carbons (Fsp3) is 0.193. The Kier molecular flexibility index (Phi) is 7.23. The summed E-state index contributed by atoms with van der Waals surface area (Å²) in [5.74, 6) is 0. The van der Waals surface area contributed by atoms with E-state index in [1.54, 1.807) is 0 Å². The molecule has 2 nitrogen and oxygen atoms in total. The predicted octanol–water partition coefficient (Wildman–Crippen LogP) is 15.5. The highest BCUT2D eigenvalue weighted by atomic mass is 15.1. The molecule has 0 saturated heterocycles. The van der Waals surface area contributed by atoms with Gasteiger partial charge in [-0.15, -0.1) is 0 Å². The molecular weight excluding hydrogens is 713 g/mol. The number of para-hydroxylation sites is 1. The zero-order chi connectivity index (χ0) is 39.7. The SMILES string of the molecule is CC1(C)c2ccccc2-c2ccc(Nc3c4c(cc5ccccc35)C3(CCCC3)c3cc(N(c5ccccc5)c5ccc6c(c5)C(C)(C)c5ccccc5-6)ccc3-4)cc21. The van der Waals surface area contributed by atoms with E-state index in [1.807, 2.05) is 0 Å². The molecule has 4 aliphatic carbocycles. The third-order valence-corrected chi connectivity index (χ3v) is 14.8. The second-order valence-electron chi connectivity index (χ2n) is 18.5. The van der Waals surface area contributed by atoms with E-state index >= 15 is 0 Å². The molecular formula is C57H48N2. The molecule has 1 fully saturated rings. The van der Waals surface area contributed by atoms with Gasteiger partial charge >= 0.3 is 0 Å². The van der Waals surface area contributed by atoms with Crippen LogP contribution in [0.2, 0.25) is 0 Å². The van der Waals surface area contributed by atoms with Gasteiger partial charge in [-0.3, -0.25) is 0 Å². The molecule has 1 spiro atoms. The second-order valence-corrected chi connectivity index (χ2v) is 18.5. The summed E-state index contributed by atoms with van der Waals surface area (Å²) >= 11 is 0. The van der Waals surface area contributed by atoms with Crippen LogP contribution in [0.1, 0.15) is 86.8 Å². The maximum Gasteiger partial charge on any atom is 0.0546 e. The molecule has 4 aliphatic rings.